The molecule has 0 spiro atoms. The van der Waals surface area contributed by atoms with E-state index in [-0.39, 0.29) is 18.1 Å². The molecular formula is C9H16N2O2. The first-order valence-corrected chi connectivity index (χ1v) is 4.77. The maximum atomic E-state index is 11.3. The van der Waals surface area contributed by atoms with E-state index < -0.39 is 0 Å². The quantitative estimate of drug-likeness (QED) is 0.622. The number of hydrogen-bond donors (Lipinski definition) is 2. The molecule has 2 aliphatic rings. The molecule has 2 N–H and O–H groups in total. The minimum absolute atomic E-state index is 0.0101. The van der Waals surface area contributed by atoms with Crippen molar-refractivity contribution in [3.63, 3.8) is 0 Å². The zero-order chi connectivity index (χ0) is 9.31. The van der Waals surface area contributed by atoms with Gasteiger partial charge in [0.25, 0.3) is 0 Å². The normalized spacial score (nSPS) is 36.5. The summed E-state index contributed by atoms with van der Waals surface area (Å²) in [7, 11) is 1.54. The van der Waals surface area contributed by atoms with Gasteiger partial charge in [0, 0.05) is 20.2 Å². The SMILES string of the molecule is COCC(=O)NC12CCC1CNC2. The number of ether oxygens (including phenoxy) is 1. The van der Waals surface area contributed by atoms with Gasteiger partial charge in [0.05, 0.1) is 5.54 Å². The standard InChI is InChI=1S/C9H16N2O2/c1-13-5-8(12)11-9-3-2-7(9)4-10-6-9/h7,10H,2-6H2,1H3,(H,11,12). The average molecular weight is 184 g/mol. The molecule has 0 bridgehead atoms. The Kier molecular flexibility index (Phi) is 2.26. The van der Waals surface area contributed by atoms with E-state index in [2.05, 4.69) is 10.6 Å². The van der Waals surface area contributed by atoms with Crippen LogP contribution in [0.5, 0.6) is 0 Å². The second-order valence-corrected chi connectivity index (χ2v) is 4.00. The molecule has 4 heteroatoms. The predicted molar refractivity (Wildman–Crippen MR) is 48.3 cm³/mol. The third-order valence-electron chi connectivity index (χ3n) is 3.22. The Morgan fingerprint density at radius 2 is 2.62 bits per heavy atom. The molecule has 0 radical (unpaired) electrons. The van der Waals surface area contributed by atoms with Crippen molar-refractivity contribution in [3.8, 4) is 0 Å². The summed E-state index contributed by atoms with van der Waals surface area (Å²) in [5, 5.41) is 6.38. The molecule has 0 aromatic heterocycles. The Morgan fingerprint density at radius 3 is 3.15 bits per heavy atom. The molecule has 1 saturated carbocycles. The van der Waals surface area contributed by atoms with Crippen LogP contribution in [0.15, 0.2) is 0 Å². The Balaban J connectivity index is 1.89. The fraction of sp³-hybridized carbons (Fsp3) is 0.889. The lowest BCUT2D eigenvalue weighted by Crippen LogP contribution is -2.60. The van der Waals surface area contributed by atoms with Crippen LogP contribution in [0, 0.1) is 5.92 Å². The predicted octanol–water partition coefficient (Wildman–Crippen LogP) is -0.499. The first-order valence-electron chi connectivity index (χ1n) is 4.77. The lowest BCUT2D eigenvalue weighted by molar-refractivity contribution is -0.128. The molecule has 74 valence electrons. The van der Waals surface area contributed by atoms with Crippen LogP contribution >= 0.6 is 0 Å². The lowest BCUT2D eigenvalue weighted by Gasteiger charge is -2.44. The molecule has 0 aromatic rings. The highest BCUT2D eigenvalue weighted by atomic mass is 16.5. The van der Waals surface area contributed by atoms with Crippen LogP contribution < -0.4 is 10.6 Å². The topological polar surface area (TPSA) is 50.4 Å². The van der Waals surface area contributed by atoms with Crippen molar-refractivity contribution in [2.45, 2.75) is 18.4 Å². The average Bonchev–Trinajstić information content (AvgIpc) is 2.32. The van der Waals surface area contributed by atoms with Gasteiger partial charge in [-0.25, -0.2) is 0 Å². The van der Waals surface area contributed by atoms with Gasteiger partial charge in [-0.15, -0.1) is 0 Å². The van der Waals surface area contributed by atoms with Gasteiger partial charge in [-0.1, -0.05) is 0 Å². The maximum Gasteiger partial charge on any atom is 0.246 e. The van der Waals surface area contributed by atoms with Gasteiger partial charge in [0.15, 0.2) is 0 Å². The highest BCUT2D eigenvalue weighted by Crippen LogP contribution is 2.40. The molecule has 4 nitrogen and oxygen atoms in total. The van der Waals surface area contributed by atoms with Gasteiger partial charge in [0.2, 0.25) is 5.91 Å². The van der Waals surface area contributed by atoms with E-state index in [4.69, 9.17) is 4.74 Å². The van der Waals surface area contributed by atoms with Gasteiger partial charge in [-0.3, -0.25) is 4.79 Å². The molecule has 13 heavy (non-hydrogen) atoms. The molecule has 1 heterocycles. The summed E-state index contributed by atoms with van der Waals surface area (Å²) < 4.78 is 4.79. The monoisotopic (exact) mass is 184 g/mol. The van der Waals surface area contributed by atoms with Crippen LogP contribution in [0.3, 0.4) is 0 Å². The van der Waals surface area contributed by atoms with E-state index >= 15 is 0 Å². The number of fused-ring (bicyclic) bond motifs is 1. The second-order valence-electron chi connectivity index (χ2n) is 4.00. The number of rotatable bonds is 3. The second kappa shape index (κ2) is 3.27. The van der Waals surface area contributed by atoms with Crippen molar-refractivity contribution in [2.24, 2.45) is 5.92 Å². The summed E-state index contributed by atoms with van der Waals surface area (Å²) >= 11 is 0. The van der Waals surface area contributed by atoms with Crippen molar-refractivity contribution in [2.75, 3.05) is 26.8 Å². The summed E-state index contributed by atoms with van der Waals surface area (Å²) in [6, 6.07) is 0. The minimum atomic E-state index is 0.0101. The molecule has 2 unspecified atom stereocenters. The summed E-state index contributed by atoms with van der Waals surface area (Å²) in [4.78, 5) is 11.3. The van der Waals surface area contributed by atoms with Crippen molar-refractivity contribution in [1.29, 1.82) is 0 Å². The third-order valence-corrected chi connectivity index (χ3v) is 3.22. The van der Waals surface area contributed by atoms with Crippen molar-refractivity contribution >= 4 is 5.91 Å². The van der Waals surface area contributed by atoms with Crippen molar-refractivity contribution in [1.82, 2.24) is 10.6 Å². The molecule has 2 fully saturated rings. The van der Waals surface area contributed by atoms with Gasteiger partial charge >= 0.3 is 0 Å². The van der Waals surface area contributed by atoms with Crippen LogP contribution in [0.2, 0.25) is 0 Å². The highest BCUT2D eigenvalue weighted by molar-refractivity contribution is 5.78. The third kappa shape index (κ3) is 1.44. The highest BCUT2D eigenvalue weighted by Gasteiger charge is 2.50. The summed E-state index contributed by atoms with van der Waals surface area (Å²) in [5.74, 6) is 0.657. The summed E-state index contributed by atoms with van der Waals surface area (Å²) in [6.07, 6.45) is 2.35. The molecule has 1 amide bonds. The van der Waals surface area contributed by atoms with Crippen LogP contribution in [0.1, 0.15) is 12.8 Å². The molecule has 1 saturated heterocycles. The lowest BCUT2D eigenvalue weighted by atomic mass is 9.69. The fourth-order valence-corrected chi connectivity index (χ4v) is 2.35. The van der Waals surface area contributed by atoms with Crippen LogP contribution in [-0.2, 0) is 9.53 Å². The van der Waals surface area contributed by atoms with Crippen LogP contribution in [0.25, 0.3) is 0 Å². The maximum absolute atomic E-state index is 11.3. The number of hydrogen-bond acceptors (Lipinski definition) is 3. The van der Waals surface area contributed by atoms with Gasteiger partial charge in [-0.2, -0.15) is 0 Å². The van der Waals surface area contributed by atoms with E-state index in [0.717, 1.165) is 19.5 Å². The number of nitrogens with one attached hydrogen (secondary N) is 2. The summed E-state index contributed by atoms with van der Waals surface area (Å²) in [6.45, 7) is 2.15. The zero-order valence-corrected chi connectivity index (χ0v) is 7.93. The Labute approximate surface area is 78.0 Å². The summed E-state index contributed by atoms with van der Waals surface area (Å²) in [5.41, 5.74) is 0.0651. The first-order chi connectivity index (χ1) is 6.27. The van der Waals surface area contributed by atoms with Crippen molar-refractivity contribution in [3.05, 3.63) is 0 Å². The number of methoxy groups -OCH3 is 1. The Hall–Kier alpha value is -0.610. The zero-order valence-electron chi connectivity index (χ0n) is 7.93. The van der Waals surface area contributed by atoms with Crippen LogP contribution in [-0.4, -0.2) is 38.3 Å². The molecule has 2 atom stereocenters. The van der Waals surface area contributed by atoms with E-state index in [1.165, 1.54) is 6.42 Å². The Morgan fingerprint density at radius 1 is 1.77 bits per heavy atom. The van der Waals surface area contributed by atoms with Gasteiger partial charge in [0.1, 0.15) is 6.61 Å². The number of amides is 1. The molecule has 2 rings (SSSR count). The molecule has 1 aliphatic carbocycles. The van der Waals surface area contributed by atoms with E-state index in [1.54, 1.807) is 7.11 Å². The van der Waals surface area contributed by atoms with Crippen molar-refractivity contribution < 1.29 is 9.53 Å². The van der Waals surface area contributed by atoms with E-state index in [0.29, 0.717) is 5.92 Å². The molecule has 1 aliphatic heterocycles. The molecule has 0 aromatic carbocycles. The largest absolute Gasteiger partial charge is 0.375 e. The molecular weight excluding hydrogens is 168 g/mol. The van der Waals surface area contributed by atoms with Crippen LogP contribution in [0.4, 0.5) is 0 Å². The number of carbonyl (C=O) groups excluding carboxylic acids is 1. The smallest absolute Gasteiger partial charge is 0.246 e. The minimum Gasteiger partial charge on any atom is -0.375 e. The van der Waals surface area contributed by atoms with Gasteiger partial charge < -0.3 is 15.4 Å². The Bertz CT molecular complexity index is 220. The van der Waals surface area contributed by atoms with E-state index in [1.807, 2.05) is 0 Å². The number of carbonyl (C=O) groups is 1. The first kappa shape index (κ1) is 8.97. The fourth-order valence-electron chi connectivity index (χ4n) is 2.35. The van der Waals surface area contributed by atoms with E-state index in [9.17, 15) is 4.79 Å². The van der Waals surface area contributed by atoms with Gasteiger partial charge in [-0.05, 0) is 18.8 Å².